The molecule has 0 radical (unpaired) electrons. The SMILES string of the molecule is CCN(Cc1ccc2c(c1)OCO2)C(=O)Cn1cnc2ccc(Br)cc2c1=O. The van der Waals surface area contributed by atoms with E-state index in [4.69, 9.17) is 9.47 Å². The van der Waals surface area contributed by atoms with Crippen molar-refractivity contribution in [1.82, 2.24) is 14.5 Å². The maximum Gasteiger partial charge on any atom is 0.261 e. The van der Waals surface area contributed by atoms with Gasteiger partial charge in [0.25, 0.3) is 5.56 Å². The predicted octanol–water partition coefficient (Wildman–Crippen LogP) is 2.94. The van der Waals surface area contributed by atoms with E-state index in [1.165, 1.54) is 10.9 Å². The van der Waals surface area contributed by atoms with Gasteiger partial charge < -0.3 is 14.4 Å². The van der Waals surface area contributed by atoms with E-state index in [9.17, 15) is 9.59 Å². The van der Waals surface area contributed by atoms with Crippen LogP contribution in [0.4, 0.5) is 0 Å². The van der Waals surface area contributed by atoms with Gasteiger partial charge in [-0.2, -0.15) is 0 Å². The minimum absolute atomic E-state index is 0.0628. The number of nitrogens with zero attached hydrogens (tertiary/aromatic N) is 3. The van der Waals surface area contributed by atoms with Crippen molar-refractivity contribution >= 4 is 32.7 Å². The maximum absolute atomic E-state index is 12.8. The Hall–Kier alpha value is -2.87. The summed E-state index contributed by atoms with van der Waals surface area (Å²) in [5, 5.41) is 0.475. The van der Waals surface area contributed by atoms with E-state index in [0.29, 0.717) is 35.5 Å². The minimum atomic E-state index is -0.237. The van der Waals surface area contributed by atoms with Gasteiger partial charge in [0.05, 0.1) is 17.2 Å². The number of carbonyl (C=O) groups is 1. The fraction of sp³-hybridized carbons (Fsp3) is 0.250. The number of hydrogen-bond donors (Lipinski definition) is 0. The molecule has 144 valence electrons. The van der Waals surface area contributed by atoms with Crippen LogP contribution in [-0.2, 0) is 17.9 Å². The third kappa shape index (κ3) is 3.60. The highest BCUT2D eigenvalue weighted by Gasteiger charge is 2.18. The van der Waals surface area contributed by atoms with E-state index in [-0.39, 0.29) is 24.8 Å². The van der Waals surface area contributed by atoms with Gasteiger partial charge in [0.2, 0.25) is 12.7 Å². The first-order chi connectivity index (χ1) is 13.5. The number of fused-ring (bicyclic) bond motifs is 2. The Labute approximate surface area is 169 Å². The number of aromatic nitrogens is 2. The Balaban J connectivity index is 1.54. The lowest BCUT2D eigenvalue weighted by Gasteiger charge is -2.21. The maximum atomic E-state index is 12.8. The molecular formula is C20H18BrN3O4. The molecule has 2 aromatic carbocycles. The highest BCUT2D eigenvalue weighted by Crippen LogP contribution is 2.32. The Morgan fingerprint density at radius 1 is 1.21 bits per heavy atom. The number of ether oxygens (including phenoxy) is 2. The van der Waals surface area contributed by atoms with Gasteiger partial charge in [0.1, 0.15) is 6.54 Å². The monoisotopic (exact) mass is 443 g/mol. The molecule has 0 unspecified atom stereocenters. The van der Waals surface area contributed by atoms with E-state index in [2.05, 4.69) is 20.9 Å². The second-order valence-electron chi connectivity index (χ2n) is 6.43. The van der Waals surface area contributed by atoms with Gasteiger partial charge in [-0.1, -0.05) is 22.0 Å². The summed E-state index contributed by atoms with van der Waals surface area (Å²) in [6, 6.07) is 10.9. The van der Waals surface area contributed by atoms with Crippen molar-refractivity contribution in [2.75, 3.05) is 13.3 Å². The largest absolute Gasteiger partial charge is 0.454 e. The molecule has 8 heteroatoms. The molecule has 0 saturated heterocycles. The van der Waals surface area contributed by atoms with Crippen LogP contribution in [0.15, 0.2) is 52.0 Å². The first-order valence-corrected chi connectivity index (χ1v) is 9.65. The average molecular weight is 444 g/mol. The molecule has 1 amide bonds. The highest BCUT2D eigenvalue weighted by molar-refractivity contribution is 9.10. The summed E-state index contributed by atoms with van der Waals surface area (Å²) in [5.74, 6) is 1.23. The van der Waals surface area contributed by atoms with Crippen molar-refractivity contribution in [3.63, 3.8) is 0 Å². The van der Waals surface area contributed by atoms with Crippen molar-refractivity contribution < 1.29 is 14.3 Å². The number of amides is 1. The van der Waals surface area contributed by atoms with E-state index >= 15 is 0 Å². The summed E-state index contributed by atoms with van der Waals surface area (Å²) < 4.78 is 12.8. The highest BCUT2D eigenvalue weighted by atomic mass is 79.9. The number of rotatable bonds is 5. The molecule has 4 rings (SSSR count). The lowest BCUT2D eigenvalue weighted by molar-refractivity contribution is -0.132. The zero-order chi connectivity index (χ0) is 19.7. The van der Waals surface area contributed by atoms with Crippen molar-refractivity contribution in [3.8, 4) is 11.5 Å². The normalized spacial score (nSPS) is 12.4. The molecule has 0 aliphatic carbocycles. The zero-order valence-electron chi connectivity index (χ0n) is 15.2. The zero-order valence-corrected chi connectivity index (χ0v) is 16.8. The van der Waals surface area contributed by atoms with Crippen molar-refractivity contribution in [1.29, 1.82) is 0 Å². The summed E-state index contributed by atoms with van der Waals surface area (Å²) in [5.41, 5.74) is 1.30. The van der Waals surface area contributed by atoms with E-state index in [1.807, 2.05) is 31.2 Å². The van der Waals surface area contributed by atoms with E-state index < -0.39 is 0 Å². The smallest absolute Gasteiger partial charge is 0.261 e. The second kappa shape index (κ2) is 7.63. The van der Waals surface area contributed by atoms with Crippen LogP contribution >= 0.6 is 15.9 Å². The summed E-state index contributed by atoms with van der Waals surface area (Å²) in [6.45, 7) is 3.00. The molecule has 0 saturated carbocycles. The van der Waals surface area contributed by atoms with Crippen LogP contribution in [0.5, 0.6) is 11.5 Å². The van der Waals surface area contributed by atoms with E-state index in [1.54, 1.807) is 17.0 Å². The van der Waals surface area contributed by atoms with Gasteiger partial charge in [0.15, 0.2) is 11.5 Å². The molecule has 28 heavy (non-hydrogen) atoms. The number of likely N-dealkylation sites (N-methyl/N-ethyl adjacent to an activating group) is 1. The third-order valence-corrected chi connectivity index (χ3v) is 5.13. The fourth-order valence-corrected chi connectivity index (χ4v) is 3.49. The van der Waals surface area contributed by atoms with Gasteiger partial charge in [-0.15, -0.1) is 0 Å². The van der Waals surface area contributed by atoms with Gasteiger partial charge >= 0.3 is 0 Å². The number of halogens is 1. The number of hydrogen-bond acceptors (Lipinski definition) is 5. The molecule has 1 aromatic heterocycles. The molecule has 2 heterocycles. The quantitative estimate of drug-likeness (QED) is 0.605. The molecule has 7 nitrogen and oxygen atoms in total. The van der Waals surface area contributed by atoms with Crippen LogP contribution in [0, 0.1) is 0 Å². The van der Waals surface area contributed by atoms with E-state index in [0.717, 1.165) is 10.0 Å². The molecule has 0 spiro atoms. The Kier molecular flexibility index (Phi) is 5.04. The molecule has 0 N–H and O–H groups in total. The predicted molar refractivity (Wildman–Crippen MR) is 107 cm³/mol. The Morgan fingerprint density at radius 3 is 2.86 bits per heavy atom. The number of carbonyl (C=O) groups excluding carboxylic acids is 1. The van der Waals surface area contributed by atoms with Crippen LogP contribution in [0.25, 0.3) is 10.9 Å². The van der Waals surface area contributed by atoms with Crippen LogP contribution in [-0.4, -0.2) is 33.7 Å². The first-order valence-electron chi connectivity index (χ1n) is 8.86. The molecule has 3 aromatic rings. The lowest BCUT2D eigenvalue weighted by atomic mass is 10.2. The molecule has 1 aliphatic rings. The fourth-order valence-electron chi connectivity index (χ4n) is 3.13. The first kappa shape index (κ1) is 18.5. The second-order valence-corrected chi connectivity index (χ2v) is 7.35. The standard InChI is InChI=1S/C20H18BrN3O4/c1-2-23(9-13-3-6-17-18(7-13)28-12-27-17)19(25)10-24-11-22-16-5-4-14(21)8-15(16)20(24)26/h3-8,11H,2,9-10,12H2,1H3. The molecule has 0 fully saturated rings. The summed E-state index contributed by atoms with van der Waals surface area (Å²) in [7, 11) is 0. The van der Waals surface area contributed by atoms with Gasteiger partial charge in [-0.3, -0.25) is 14.2 Å². The third-order valence-electron chi connectivity index (χ3n) is 4.64. The number of benzene rings is 2. The summed E-state index contributed by atoms with van der Waals surface area (Å²) >= 11 is 3.36. The van der Waals surface area contributed by atoms with Gasteiger partial charge in [-0.25, -0.2) is 4.98 Å². The Bertz CT molecular complexity index is 1110. The van der Waals surface area contributed by atoms with Crippen molar-refractivity contribution in [3.05, 3.63) is 63.1 Å². The summed E-state index contributed by atoms with van der Waals surface area (Å²) in [6.07, 6.45) is 1.42. The average Bonchev–Trinajstić information content (AvgIpc) is 3.16. The van der Waals surface area contributed by atoms with Crippen molar-refractivity contribution in [2.24, 2.45) is 0 Å². The topological polar surface area (TPSA) is 73.7 Å². The lowest BCUT2D eigenvalue weighted by Crippen LogP contribution is -2.36. The van der Waals surface area contributed by atoms with Crippen molar-refractivity contribution in [2.45, 2.75) is 20.0 Å². The molecular weight excluding hydrogens is 426 g/mol. The van der Waals surface area contributed by atoms with Crippen LogP contribution in [0.3, 0.4) is 0 Å². The van der Waals surface area contributed by atoms with Crippen LogP contribution in [0.2, 0.25) is 0 Å². The van der Waals surface area contributed by atoms with Crippen LogP contribution in [0.1, 0.15) is 12.5 Å². The van der Waals surface area contributed by atoms with Gasteiger partial charge in [0, 0.05) is 17.6 Å². The molecule has 1 aliphatic heterocycles. The van der Waals surface area contributed by atoms with Gasteiger partial charge in [-0.05, 0) is 42.8 Å². The molecule has 0 atom stereocenters. The summed E-state index contributed by atoms with van der Waals surface area (Å²) in [4.78, 5) is 31.5. The van der Waals surface area contributed by atoms with Crippen LogP contribution < -0.4 is 15.0 Å². The minimum Gasteiger partial charge on any atom is -0.454 e. The Morgan fingerprint density at radius 2 is 2.04 bits per heavy atom. The molecule has 0 bridgehead atoms.